The Bertz CT molecular complexity index is 2100. The SMILES string of the molecule is CC(C)(C)c1ccc(-c2cc(-c3ccc(C(C)(C)C)cc3)cc(-c3cccc(Oc4cccc5c4oc4ccccc45)n3)c2)cc1. The van der Waals surface area contributed by atoms with Gasteiger partial charge in [0.25, 0.3) is 0 Å². The third-order valence-electron chi connectivity index (χ3n) is 8.70. The monoisotopic (exact) mass is 601 g/mol. The Morgan fingerprint density at radius 3 is 1.65 bits per heavy atom. The van der Waals surface area contributed by atoms with Crippen LogP contribution < -0.4 is 4.74 Å². The van der Waals surface area contributed by atoms with E-state index in [2.05, 4.69) is 120 Å². The van der Waals surface area contributed by atoms with Gasteiger partial charge in [0, 0.05) is 22.4 Å². The molecule has 0 radical (unpaired) electrons. The first-order valence-corrected chi connectivity index (χ1v) is 16.0. The summed E-state index contributed by atoms with van der Waals surface area (Å²) in [6.45, 7) is 13.5. The summed E-state index contributed by atoms with van der Waals surface area (Å²) >= 11 is 0. The average Bonchev–Trinajstić information content (AvgIpc) is 3.44. The van der Waals surface area contributed by atoms with Gasteiger partial charge in [0.1, 0.15) is 5.58 Å². The predicted molar refractivity (Wildman–Crippen MR) is 192 cm³/mol. The number of fused-ring (bicyclic) bond motifs is 3. The van der Waals surface area contributed by atoms with Crippen molar-refractivity contribution in [1.82, 2.24) is 4.98 Å². The zero-order chi connectivity index (χ0) is 32.1. The second kappa shape index (κ2) is 11.3. The number of nitrogens with zero attached hydrogens (tertiary/aromatic N) is 1. The van der Waals surface area contributed by atoms with Crippen LogP contribution in [0, 0.1) is 0 Å². The molecule has 7 aromatic rings. The summed E-state index contributed by atoms with van der Waals surface area (Å²) in [4.78, 5) is 5.00. The van der Waals surface area contributed by atoms with Crippen LogP contribution in [0.4, 0.5) is 0 Å². The highest BCUT2D eigenvalue weighted by Gasteiger charge is 2.17. The van der Waals surface area contributed by atoms with Crippen molar-refractivity contribution >= 4 is 21.9 Å². The van der Waals surface area contributed by atoms with E-state index in [-0.39, 0.29) is 10.8 Å². The van der Waals surface area contributed by atoms with Gasteiger partial charge in [-0.3, -0.25) is 0 Å². The van der Waals surface area contributed by atoms with Crippen molar-refractivity contribution in [3.05, 3.63) is 139 Å². The van der Waals surface area contributed by atoms with Crippen molar-refractivity contribution in [2.45, 2.75) is 52.4 Å². The predicted octanol–water partition coefficient (Wildman–Crippen LogP) is 12.4. The molecule has 0 amide bonds. The van der Waals surface area contributed by atoms with Gasteiger partial charge in [-0.05, 0) is 80.6 Å². The average molecular weight is 602 g/mol. The number of furan rings is 1. The van der Waals surface area contributed by atoms with Gasteiger partial charge < -0.3 is 9.15 Å². The van der Waals surface area contributed by atoms with Gasteiger partial charge in [-0.15, -0.1) is 0 Å². The number of ether oxygens (including phenoxy) is 1. The van der Waals surface area contributed by atoms with Crippen LogP contribution >= 0.6 is 0 Å². The molecule has 3 nitrogen and oxygen atoms in total. The number of rotatable bonds is 5. The third kappa shape index (κ3) is 5.81. The number of benzene rings is 5. The number of para-hydroxylation sites is 2. The highest BCUT2D eigenvalue weighted by Crippen LogP contribution is 2.38. The van der Waals surface area contributed by atoms with Crippen molar-refractivity contribution < 1.29 is 9.15 Å². The molecule has 2 aromatic heterocycles. The van der Waals surface area contributed by atoms with E-state index in [1.54, 1.807) is 0 Å². The van der Waals surface area contributed by atoms with Crippen LogP contribution in [0.25, 0.3) is 55.4 Å². The van der Waals surface area contributed by atoms with Gasteiger partial charge in [-0.1, -0.05) is 126 Å². The molecule has 0 aliphatic rings. The number of aromatic nitrogens is 1. The molecule has 228 valence electrons. The Kier molecular flexibility index (Phi) is 7.28. The molecule has 7 rings (SSSR count). The van der Waals surface area contributed by atoms with Crippen molar-refractivity contribution in [3.8, 4) is 45.1 Å². The first-order valence-electron chi connectivity index (χ1n) is 16.0. The fraction of sp³-hybridized carbons (Fsp3) is 0.186. The summed E-state index contributed by atoms with van der Waals surface area (Å²) in [7, 11) is 0. The van der Waals surface area contributed by atoms with E-state index < -0.39 is 0 Å². The van der Waals surface area contributed by atoms with E-state index in [1.165, 1.54) is 22.3 Å². The Hall–Kier alpha value is -5.15. The van der Waals surface area contributed by atoms with Crippen LogP contribution in [0.5, 0.6) is 11.6 Å². The fourth-order valence-electron chi connectivity index (χ4n) is 5.98. The molecule has 0 aliphatic heterocycles. The van der Waals surface area contributed by atoms with Crippen LogP contribution in [0.1, 0.15) is 52.7 Å². The summed E-state index contributed by atoms with van der Waals surface area (Å²) < 4.78 is 12.6. The topological polar surface area (TPSA) is 35.3 Å². The molecule has 0 unspecified atom stereocenters. The van der Waals surface area contributed by atoms with Crippen molar-refractivity contribution in [1.29, 1.82) is 0 Å². The van der Waals surface area contributed by atoms with E-state index in [4.69, 9.17) is 14.1 Å². The Balaban J connectivity index is 1.30. The van der Waals surface area contributed by atoms with Crippen molar-refractivity contribution in [2.24, 2.45) is 0 Å². The summed E-state index contributed by atoms with van der Waals surface area (Å²) in [6, 6.07) is 44.6. The highest BCUT2D eigenvalue weighted by atomic mass is 16.5. The van der Waals surface area contributed by atoms with Crippen molar-refractivity contribution in [2.75, 3.05) is 0 Å². The maximum atomic E-state index is 6.40. The van der Waals surface area contributed by atoms with E-state index >= 15 is 0 Å². The molecule has 46 heavy (non-hydrogen) atoms. The minimum Gasteiger partial charge on any atom is -0.452 e. The zero-order valence-electron chi connectivity index (χ0n) is 27.4. The van der Waals surface area contributed by atoms with Crippen LogP contribution in [-0.2, 0) is 10.8 Å². The van der Waals surface area contributed by atoms with Gasteiger partial charge in [0.2, 0.25) is 5.88 Å². The van der Waals surface area contributed by atoms with Crippen molar-refractivity contribution in [3.63, 3.8) is 0 Å². The molecular formula is C43H39NO2. The minimum absolute atomic E-state index is 0.0946. The normalized spacial score (nSPS) is 12.1. The quantitative estimate of drug-likeness (QED) is 0.197. The highest BCUT2D eigenvalue weighted by molar-refractivity contribution is 6.06. The number of pyridine rings is 1. The van der Waals surface area contributed by atoms with Gasteiger partial charge in [0.15, 0.2) is 11.3 Å². The van der Waals surface area contributed by atoms with Gasteiger partial charge >= 0.3 is 0 Å². The van der Waals surface area contributed by atoms with Crippen LogP contribution in [0.2, 0.25) is 0 Å². The second-order valence-corrected chi connectivity index (χ2v) is 14.1. The molecule has 0 saturated heterocycles. The lowest BCUT2D eigenvalue weighted by Crippen LogP contribution is -2.10. The maximum Gasteiger partial charge on any atom is 0.219 e. The molecule has 0 aliphatic carbocycles. The first kappa shape index (κ1) is 29.6. The van der Waals surface area contributed by atoms with Gasteiger partial charge in [-0.2, -0.15) is 0 Å². The first-order chi connectivity index (χ1) is 22.0. The standard InChI is InChI=1S/C43H39NO2/c1-42(2,3)33-21-17-28(18-22-33)30-25-31(29-19-23-34(24-20-29)43(4,5)6)27-32(26-30)37-13-10-16-40(44-37)45-39-15-9-12-36-35-11-7-8-14-38(35)46-41(36)39/h7-27H,1-6H3. The molecule has 0 spiro atoms. The molecule has 0 N–H and O–H groups in total. The molecule has 0 atom stereocenters. The van der Waals surface area contributed by atoms with Crippen LogP contribution in [-0.4, -0.2) is 4.98 Å². The second-order valence-electron chi connectivity index (χ2n) is 14.1. The summed E-state index contributed by atoms with van der Waals surface area (Å²) in [5, 5.41) is 2.09. The lowest BCUT2D eigenvalue weighted by molar-refractivity contribution is 0.458. The molecule has 0 saturated carbocycles. The van der Waals surface area contributed by atoms with Crippen LogP contribution in [0.3, 0.4) is 0 Å². The Morgan fingerprint density at radius 2 is 1.04 bits per heavy atom. The lowest BCUT2D eigenvalue weighted by atomic mass is 9.85. The fourth-order valence-corrected chi connectivity index (χ4v) is 5.98. The van der Waals surface area contributed by atoms with E-state index in [0.717, 1.165) is 44.3 Å². The lowest BCUT2D eigenvalue weighted by Gasteiger charge is -2.20. The molecular weight excluding hydrogens is 562 g/mol. The Labute approximate surface area is 271 Å². The minimum atomic E-state index is 0.0946. The molecule has 3 heteroatoms. The molecule has 2 heterocycles. The van der Waals surface area contributed by atoms with E-state index in [1.807, 2.05) is 48.5 Å². The van der Waals surface area contributed by atoms with E-state index in [0.29, 0.717) is 11.6 Å². The van der Waals surface area contributed by atoms with Gasteiger partial charge in [-0.25, -0.2) is 4.98 Å². The molecule has 5 aromatic carbocycles. The summed E-state index contributed by atoms with van der Waals surface area (Å²) in [6.07, 6.45) is 0. The molecule has 0 bridgehead atoms. The molecule has 0 fully saturated rings. The van der Waals surface area contributed by atoms with E-state index in [9.17, 15) is 0 Å². The Morgan fingerprint density at radius 1 is 0.500 bits per heavy atom. The maximum absolute atomic E-state index is 6.40. The largest absolute Gasteiger partial charge is 0.452 e. The third-order valence-corrected chi connectivity index (χ3v) is 8.70. The zero-order valence-corrected chi connectivity index (χ0v) is 27.4. The summed E-state index contributed by atoms with van der Waals surface area (Å²) in [5.74, 6) is 1.16. The van der Waals surface area contributed by atoms with Gasteiger partial charge in [0.05, 0.1) is 5.69 Å². The number of hydrogen-bond acceptors (Lipinski definition) is 3. The van der Waals surface area contributed by atoms with Crippen LogP contribution in [0.15, 0.2) is 132 Å². The smallest absolute Gasteiger partial charge is 0.219 e. The number of hydrogen-bond donors (Lipinski definition) is 0. The summed E-state index contributed by atoms with van der Waals surface area (Å²) in [5.41, 5.74) is 10.9.